The number of anilines is 4. The summed E-state index contributed by atoms with van der Waals surface area (Å²) in [5.41, 5.74) is 0.876. The molecule has 2 unspecified atom stereocenters. The lowest BCUT2D eigenvalue weighted by atomic mass is 10.2. The van der Waals surface area contributed by atoms with Gasteiger partial charge in [0.05, 0.1) is 6.10 Å². The van der Waals surface area contributed by atoms with Gasteiger partial charge in [-0.2, -0.15) is 18.2 Å². The Morgan fingerprint density at radius 2 is 1.79 bits per heavy atom. The van der Waals surface area contributed by atoms with Gasteiger partial charge in [0.1, 0.15) is 11.4 Å². The third-order valence-corrected chi connectivity index (χ3v) is 5.45. The fourth-order valence-corrected chi connectivity index (χ4v) is 3.86. The van der Waals surface area contributed by atoms with Crippen LogP contribution >= 0.6 is 0 Å². The van der Waals surface area contributed by atoms with Crippen LogP contribution < -0.4 is 15.1 Å². The molecule has 2 aliphatic rings. The quantitative estimate of drug-likeness (QED) is 0.807. The number of aromatic nitrogens is 2. The number of hydrogen-bond acceptors (Lipinski definition) is 6. The van der Waals surface area contributed by atoms with Crippen molar-refractivity contribution in [3.8, 4) is 0 Å². The zero-order valence-electron chi connectivity index (χ0n) is 16.2. The summed E-state index contributed by atoms with van der Waals surface area (Å²) in [4.78, 5) is 11.9. The molecule has 0 amide bonds. The van der Waals surface area contributed by atoms with Crippen molar-refractivity contribution in [2.45, 2.75) is 32.0 Å². The van der Waals surface area contributed by atoms with E-state index < -0.39 is 11.7 Å². The van der Waals surface area contributed by atoms with Crippen LogP contribution in [0.25, 0.3) is 0 Å². The van der Waals surface area contributed by atoms with Gasteiger partial charge in [-0.3, -0.25) is 0 Å². The predicted molar refractivity (Wildman–Crippen MR) is 106 cm³/mol. The second-order valence-corrected chi connectivity index (χ2v) is 7.83. The number of β-amino-alcohol motifs (C(OH)–C–C–N with tert-alkyl or cyclic N) is 1. The Kier molecular flexibility index (Phi) is 5.24. The van der Waals surface area contributed by atoms with E-state index >= 15 is 0 Å². The molecule has 0 radical (unpaired) electrons. The van der Waals surface area contributed by atoms with E-state index in [1.54, 1.807) is 4.90 Å². The lowest BCUT2D eigenvalue weighted by Crippen LogP contribution is -2.25. The summed E-state index contributed by atoms with van der Waals surface area (Å²) in [6, 6.07) is 7.48. The number of alkyl halides is 3. The second kappa shape index (κ2) is 7.70. The summed E-state index contributed by atoms with van der Waals surface area (Å²) in [6.07, 6.45) is -2.36. The Labute approximate surface area is 167 Å². The minimum atomic E-state index is -4.50. The highest BCUT2D eigenvalue weighted by Gasteiger charge is 2.38. The first kappa shape index (κ1) is 19.8. The number of aliphatic hydroxyl groups is 1. The zero-order chi connectivity index (χ0) is 20.6. The molecule has 4 rings (SSSR count). The third-order valence-electron chi connectivity index (χ3n) is 5.45. The molecule has 156 valence electrons. The molecule has 0 bridgehead atoms. The summed E-state index contributed by atoms with van der Waals surface area (Å²) < 4.78 is 40.3. The normalized spacial score (nSPS) is 22.4. The monoisotopic (exact) mass is 407 g/mol. The van der Waals surface area contributed by atoms with E-state index in [1.807, 2.05) is 31.2 Å². The van der Waals surface area contributed by atoms with Crippen LogP contribution in [0.2, 0.25) is 0 Å². The lowest BCUT2D eigenvalue weighted by Gasteiger charge is -2.22. The molecule has 2 fully saturated rings. The van der Waals surface area contributed by atoms with Crippen molar-refractivity contribution in [2.75, 3.05) is 41.3 Å². The summed E-state index contributed by atoms with van der Waals surface area (Å²) in [5, 5.41) is 12.7. The van der Waals surface area contributed by atoms with Crippen LogP contribution in [0.4, 0.5) is 36.3 Å². The van der Waals surface area contributed by atoms with Gasteiger partial charge in [0, 0.05) is 43.8 Å². The minimum absolute atomic E-state index is 0.0676. The topological polar surface area (TPSA) is 64.5 Å². The average molecular weight is 407 g/mol. The van der Waals surface area contributed by atoms with Crippen molar-refractivity contribution in [1.82, 2.24) is 9.97 Å². The molecule has 2 N–H and O–H groups in total. The first-order valence-corrected chi connectivity index (χ1v) is 9.79. The van der Waals surface area contributed by atoms with Gasteiger partial charge in [0.15, 0.2) is 0 Å². The van der Waals surface area contributed by atoms with Crippen molar-refractivity contribution in [3.63, 3.8) is 0 Å². The fraction of sp³-hybridized carbons (Fsp3) is 0.500. The Morgan fingerprint density at radius 1 is 1.07 bits per heavy atom. The van der Waals surface area contributed by atoms with Gasteiger partial charge in [0.2, 0.25) is 5.95 Å². The predicted octanol–water partition coefficient (Wildman–Crippen LogP) is 3.66. The zero-order valence-corrected chi connectivity index (χ0v) is 16.2. The molecule has 2 aromatic rings. The maximum absolute atomic E-state index is 13.4. The van der Waals surface area contributed by atoms with Gasteiger partial charge in [-0.15, -0.1) is 0 Å². The number of nitrogens with one attached hydrogen (secondary N) is 1. The van der Waals surface area contributed by atoms with E-state index in [0.29, 0.717) is 31.2 Å². The van der Waals surface area contributed by atoms with Crippen molar-refractivity contribution >= 4 is 23.1 Å². The lowest BCUT2D eigenvalue weighted by molar-refractivity contribution is -0.137. The molecular weight excluding hydrogens is 383 g/mol. The van der Waals surface area contributed by atoms with Crippen molar-refractivity contribution in [3.05, 3.63) is 36.0 Å². The number of aliphatic hydroxyl groups excluding tert-OH is 1. The number of benzene rings is 1. The van der Waals surface area contributed by atoms with Crippen molar-refractivity contribution in [2.24, 2.45) is 5.92 Å². The average Bonchev–Trinajstić information content (AvgIpc) is 3.30. The first-order valence-electron chi connectivity index (χ1n) is 9.79. The molecule has 0 aliphatic carbocycles. The van der Waals surface area contributed by atoms with Gasteiger partial charge in [-0.1, -0.05) is 6.92 Å². The van der Waals surface area contributed by atoms with E-state index in [0.717, 1.165) is 31.3 Å². The Morgan fingerprint density at radius 3 is 2.38 bits per heavy atom. The highest BCUT2D eigenvalue weighted by molar-refractivity contribution is 5.61. The second-order valence-electron chi connectivity index (χ2n) is 7.83. The van der Waals surface area contributed by atoms with Crippen molar-refractivity contribution in [1.29, 1.82) is 0 Å². The Balaban J connectivity index is 1.54. The molecule has 29 heavy (non-hydrogen) atoms. The standard InChI is InChI=1S/C20H24F3N5O/c1-13-6-8-28(11-13)18-17(20(21,22)23)10-24-19(26-18)25-14-2-4-15(5-3-14)27-9-7-16(29)12-27/h2-5,10,13,16,29H,6-9,11-12H2,1H3,(H,24,25,26). The third kappa shape index (κ3) is 4.39. The van der Waals surface area contributed by atoms with Crippen LogP contribution in [0.5, 0.6) is 0 Å². The first-order chi connectivity index (χ1) is 13.8. The van der Waals surface area contributed by atoms with E-state index in [9.17, 15) is 18.3 Å². The largest absolute Gasteiger partial charge is 0.421 e. The fourth-order valence-electron chi connectivity index (χ4n) is 3.86. The van der Waals surface area contributed by atoms with E-state index in [-0.39, 0.29) is 17.9 Å². The maximum Gasteiger partial charge on any atom is 0.421 e. The van der Waals surface area contributed by atoms with Gasteiger partial charge < -0.3 is 20.2 Å². The molecule has 0 spiro atoms. The molecule has 1 aromatic carbocycles. The molecule has 2 aliphatic heterocycles. The van der Waals surface area contributed by atoms with Crippen LogP contribution in [0.1, 0.15) is 25.3 Å². The van der Waals surface area contributed by atoms with E-state index in [2.05, 4.69) is 20.2 Å². The number of rotatable bonds is 4. The van der Waals surface area contributed by atoms with Crippen LogP contribution in [0, 0.1) is 5.92 Å². The van der Waals surface area contributed by atoms with Gasteiger partial charge >= 0.3 is 6.18 Å². The number of halogens is 3. The number of nitrogens with zero attached hydrogens (tertiary/aromatic N) is 4. The summed E-state index contributed by atoms with van der Waals surface area (Å²) >= 11 is 0. The smallest absolute Gasteiger partial charge is 0.391 e. The van der Waals surface area contributed by atoms with E-state index in [1.165, 1.54) is 0 Å². The van der Waals surface area contributed by atoms with Gasteiger partial charge in [-0.25, -0.2) is 4.98 Å². The molecule has 0 saturated carbocycles. The van der Waals surface area contributed by atoms with Crippen molar-refractivity contribution < 1.29 is 18.3 Å². The molecule has 2 atom stereocenters. The van der Waals surface area contributed by atoms with Crippen LogP contribution in [-0.4, -0.2) is 47.4 Å². The molecule has 9 heteroatoms. The SMILES string of the molecule is CC1CCN(c2nc(Nc3ccc(N4CCC(O)C4)cc3)ncc2C(F)(F)F)C1. The van der Waals surface area contributed by atoms with Gasteiger partial charge in [0.25, 0.3) is 0 Å². The number of hydrogen-bond donors (Lipinski definition) is 2. The summed E-state index contributed by atoms with van der Waals surface area (Å²) in [6.45, 7) is 4.53. The Hall–Kier alpha value is -2.55. The van der Waals surface area contributed by atoms with E-state index in [4.69, 9.17) is 0 Å². The van der Waals surface area contributed by atoms with Crippen LogP contribution in [-0.2, 0) is 6.18 Å². The highest BCUT2D eigenvalue weighted by Crippen LogP contribution is 2.37. The molecule has 3 heterocycles. The maximum atomic E-state index is 13.4. The molecule has 2 saturated heterocycles. The summed E-state index contributed by atoms with van der Waals surface area (Å²) in [5.74, 6) is 0.401. The molecule has 1 aromatic heterocycles. The van der Waals surface area contributed by atoms with Crippen LogP contribution in [0.3, 0.4) is 0 Å². The summed E-state index contributed by atoms with van der Waals surface area (Å²) in [7, 11) is 0. The van der Waals surface area contributed by atoms with Crippen LogP contribution in [0.15, 0.2) is 30.5 Å². The molecular formula is C20H24F3N5O. The Bertz CT molecular complexity index is 858. The minimum Gasteiger partial charge on any atom is -0.391 e. The molecule has 6 nitrogen and oxygen atoms in total. The highest BCUT2D eigenvalue weighted by atomic mass is 19.4. The van der Waals surface area contributed by atoms with Gasteiger partial charge in [-0.05, 0) is 43.0 Å².